The van der Waals surface area contributed by atoms with E-state index in [-0.39, 0.29) is 6.42 Å². The van der Waals surface area contributed by atoms with E-state index in [1.807, 2.05) is 19.1 Å². The molecule has 3 heterocycles. The Kier molecular flexibility index (Phi) is 2.90. The third-order valence-corrected chi connectivity index (χ3v) is 3.03. The zero-order valence-corrected chi connectivity index (χ0v) is 10.8. The van der Waals surface area contributed by atoms with E-state index in [1.165, 1.54) is 0 Å². The summed E-state index contributed by atoms with van der Waals surface area (Å²) in [6.45, 7) is 1.85. The molecule has 100 valence electrons. The van der Waals surface area contributed by atoms with Gasteiger partial charge >= 0.3 is 5.97 Å². The normalized spacial score (nSPS) is 10.8. The molecule has 0 radical (unpaired) electrons. The fraction of sp³-hybridized carbons (Fsp3) is 0.143. The molecule has 20 heavy (non-hydrogen) atoms. The average Bonchev–Trinajstić information content (AvgIpc) is 2.83. The van der Waals surface area contributed by atoms with Crippen molar-refractivity contribution in [2.24, 2.45) is 0 Å². The molecule has 3 aromatic heterocycles. The highest BCUT2D eigenvalue weighted by Crippen LogP contribution is 2.23. The lowest BCUT2D eigenvalue weighted by Crippen LogP contribution is -1.99. The lowest BCUT2D eigenvalue weighted by Gasteiger charge is -2.04. The van der Waals surface area contributed by atoms with Gasteiger partial charge in [0.15, 0.2) is 0 Å². The van der Waals surface area contributed by atoms with E-state index in [0.29, 0.717) is 11.3 Å². The summed E-state index contributed by atoms with van der Waals surface area (Å²) in [4.78, 5) is 23.6. The highest BCUT2D eigenvalue weighted by Gasteiger charge is 2.12. The molecule has 0 fully saturated rings. The van der Waals surface area contributed by atoms with Crippen LogP contribution in [0.25, 0.3) is 16.8 Å². The van der Waals surface area contributed by atoms with Crippen LogP contribution in [0.15, 0.2) is 36.9 Å². The molecule has 0 aliphatic carbocycles. The van der Waals surface area contributed by atoms with Crippen molar-refractivity contribution in [2.45, 2.75) is 13.3 Å². The molecule has 0 saturated carbocycles. The van der Waals surface area contributed by atoms with Gasteiger partial charge in [0.2, 0.25) is 0 Å². The van der Waals surface area contributed by atoms with Gasteiger partial charge in [-0.05, 0) is 13.0 Å². The summed E-state index contributed by atoms with van der Waals surface area (Å²) in [6, 6.07) is 3.76. The number of imidazole rings is 1. The number of aryl methyl sites for hydroxylation is 1. The quantitative estimate of drug-likeness (QED) is 0.782. The van der Waals surface area contributed by atoms with Crippen LogP contribution in [0.3, 0.4) is 0 Å². The van der Waals surface area contributed by atoms with Crippen LogP contribution >= 0.6 is 0 Å². The number of aliphatic carboxylic acids is 1. The highest BCUT2D eigenvalue weighted by molar-refractivity contribution is 5.77. The third-order valence-electron chi connectivity index (χ3n) is 3.03. The van der Waals surface area contributed by atoms with E-state index in [2.05, 4.69) is 15.0 Å². The molecule has 0 atom stereocenters. The minimum Gasteiger partial charge on any atom is -0.481 e. The Morgan fingerprint density at radius 2 is 2.25 bits per heavy atom. The van der Waals surface area contributed by atoms with Crippen molar-refractivity contribution < 1.29 is 9.90 Å². The Balaban J connectivity index is 2.21. The van der Waals surface area contributed by atoms with Crippen molar-refractivity contribution in [3.8, 4) is 11.1 Å². The van der Waals surface area contributed by atoms with E-state index in [4.69, 9.17) is 5.11 Å². The second-order valence-electron chi connectivity index (χ2n) is 4.46. The number of rotatable bonds is 3. The molecule has 3 rings (SSSR count). The Morgan fingerprint density at radius 1 is 1.40 bits per heavy atom. The SMILES string of the molecule is Cc1ncc(-c2cccnc2)c2nc(CC(=O)O)cn12. The monoisotopic (exact) mass is 268 g/mol. The molecular formula is C14H12N4O2. The molecule has 6 heteroatoms. The van der Waals surface area contributed by atoms with E-state index in [0.717, 1.165) is 17.0 Å². The standard InChI is InChI=1S/C14H12N4O2/c1-9-16-7-12(10-3-2-4-15-6-10)14-17-11(5-13(19)20)8-18(9)14/h2-4,6-8H,5H2,1H3,(H,19,20). The largest absolute Gasteiger partial charge is 0.481 e. The Hall–Kier alpha value is -2.76. The topological polar surface area (TPSA) is 80.4 Å². The van der Waals surface area contributed by atoms with E-state index < -0.39 is 5.97 Å². The second-order valence-corrected chi connectivity index (χ2v) is 4.46. The van der Waals surface area contributed by atoms with Crippen LogP contribution in [0, 0.1) is 6.92 Å². The lowest BCUT2D eigenvalue weighted by molar-refractivity contribution is -0.136. The molecule has 0 amide bonds. The van der Waals surface area contributed by atoms with E-state index in [9.17, 15) is 4.79 Å². The predicted octanol–water partition coefficient (Wildman–Crippen LogP) is 1.73. The molecule has 0 saturated heterocycles. The van der Waals surface area contributed by atoms with Crippen LogP contribution in [-0.2, 0) is 11.2 Å². The second kappa shape index (κ2) is 4.73. The van der Waals surface area contributed by atoms with Gasteiger partial charge in [-0.2, -0.15) is 0 Å². The summed E-state index contributed by atoms with van der Waals surface area (Å²) in [5.41, 5.74) is 2.94. The molecule has 6 nitrogen and oxygen atoms in total. The first-order chi connectivity index (χ1) is 9.65. The van der Waals surface area contributed by atoms with Gasteiger partial charge in [0, 0.05) is 35.9 Å². The molecule has 0 spiro atoms. The third kappa shape index (κ3) is 2.11. The van der Waals surface area contributed by atoms with Gasteiger partial charge in [-0.1, -0.05) is 6.07 Å². The molecule has 3 aromatic rings. The lowest BCUT2D eigenvalue weighted by atomic mass is 10.1. The first-order valence-corrected chi connectivity index (χ1v) is 6.11. The van der Waals surface area contributed by atoms with Gasteiger partial charge in [0.25, 0.3) is 0 Å². The Labute approximate surface area is 114 Å². The molecule has 0 bridgehead atoms. The minimum atomic E-state index is -0.901. The maximum Gasteiger partial charge on any atom is 0.309 e. The van der Waals surface area contributed by atoms with Crippen molar-refractivity contribution in [2.75, 3.05) is 0 Å². The number of hydrogen-bond acceptors (Lipinski definition) is 4. The van der Waals surface area contributed by atoms with Gasteiger partial charge in [-0.3, -0.25) is 14.2 Å². The Bertz CT molecular complexity index is 780. The summed E-state index contributed by atoms with van der Waals surface area (Å²) in [7, 11) is 0. The fourth-order valence-electron chi connectivity index (χ4n) is 2.11. The number of pyridine rings is 1. The number of aromatic nitrogens is 4. The molecule has 0 aliphatic heterocycles. The summed E-state index contributed by atoms with van der Waals surface area (Å²) < 4.78 is 1.81. The van der Waals surface area contributed by atoms with Crippen molar-refractivity contribution >= 4 is 11.6 Å². The number of nitrogens with zero attached hydrogens (tertiary/aromatic N) is 4. The van der Waals surface area contributed by atoms with Crippen molar-refractivity contribution in [3.63, 3.8) is 0 Å². The van der Waals surface area contributed by atoms with Crippen molar-refractivity contribution in [1.82, 2.24) is 19.4 Å². The van der Waals surface area contributed by atoms with Crippen LogP contribution in [0.2, 0.25) is 0 Å². The number of fused-ring (bicyclic) bond motifs is 1. The number of carboxylic acid groups (broad SMARTS) is 1. The zero-order valence-electron chi connectivity index (χ0n) is 10.8. The number of hydrogen-bond donors (Lipinski definition) is 1. The Morgan fingerprint density at radius 3 is 2.95 bits per heavy atom. The van der Waals surface area contributed by atoms with E-state index in [1.54, 1.807) is 29.2 Å². The van der Waals surface area contributed by atoms with E-state index >= 15 is 0 Å². The first kappa shape index (κ1) is 12.3. The smallest absolute Gasteiger partial charge is 0.309 e. The van der Waals surface area contributed by atoms with Gasteiger partial charge in [-0.15, -0.1) is 0 Å². The van der Waals surface area contributed by atoms with Crippen LogP contribution < -0.4 is 0 Å². The van der Waals surface area contributed by atoms with Crippen LogP contribution in [0.5, 0.6) is 0 Å². The van der Waals surface area contributed by atoms with Crippen molar-refractivity contribution in [1.29, 1.82) is 0 Å². The first-order valence-electron chi connectivity index (χ1n) is 6.11. The molecular weight excluding hydrogens is 256 g/mol. The fourth-order valence-corrected chi connectivity index (χ4v) is 2.11. The van der Waals surface area contributed by atoms with Gasteiger partial charge in [-0.25, -0.2) is 9.97 Å². The van der Waals surface area contributed by atoms with Crippen molar-refractivity contribution in [3.05, 3.63) is 48.4 Å². The predicted molar refractivity (Wildman–Crippen MR) is 72.3 cm³/mol. The van der Waals surface area contributed by atoms with Gasteiger partial charge < -0.3 is 5.11 Å². The maximum absolute atomic E-state index is 10.8. The van der Waals surface area contributed by atoms with Crippen LogP contribution in [0.1, 0.15) is 11.5 Å². The van der Waals surface area contributed by atoms with Gasteiger partial charge in [0.05, 0.1) is 12.1 Å². The number of carboxylic acids is 1. The summed E-state index contributed by atoms with van der Waals surface area (Å²) in [6.07, 6.45) is 6.78. The molecule has 0 aliphatic rings. The van der Waals surface area contributed by atoms with Crippen LogP contribution in [-0.4, -0.2) is 30.4 Å². The summed E-state index contributed by atoms with van der Waals surface area (Å²) in [5, 5.41) is 8.87. The minimum absolute atomic E-state index is 0.104. The van der Waals surface area contributed by atoms with Gasteiger partial charge in [0.1, 0.15) is 11.5 Å². The maximum atomic E-state index is 10.8. The zero-order chi connectivity index (χ0) is 14.1. The number of carbonyl (C=O) groups is 1. The molecule has 0 unspecified atom stereocenters. The highest BCUT2D eigenvalue weighted by atomic mass is 16.4. The summed E-state index contributed by atoms with van der Waals surface area (Å²) in [5.74, 6) is -0.140. The molecule has 0 aromatic carbocycles. The molecule has 1 N–H and O–H groups in total. The van der Waals surface area contributed by atoms with Crippen LogP contribution in [0.4, 0.5) is 0 Å². The average molecular weight is 268 g/mol. The summed E-state index contributed by atoms with van der Waals surface area (Å²) >= 11 is 0.